The Morgan fingerprint density at radius 3 is 2.68 bits per heavy atom. The van der Waals surface area contributed by atoms with Crippen LogP contribution in [-0.4, -0.2) is 30.9 Å². The first kappa shape index (κ1) is 17.1. The number of carbonyl (C=O) groups is 2. The standard InChI is InChI=1S/C21H31NO3/c1-20-11-9-15-13(14(20)6-7-16(20)19(24)25-4)5-8-17-21(15,2)12-10-18(23)22(17)3/h8,13-16H,5-7,9-12H2,1-4H3/t13?,14-,15?,16?,20-,21+/m0/s1. The van der Waals surface area contributed by atoms with Gasteiger partial charge in [-0.05, 0) is 61.7 Å². The average Bonchev–Trinajstić information content (AvgIpc) is 2.95. The Morgan fingerprint density at radius 1 is 1.20 bits per heavy atom. The number of likely N-dealkylation sites (tertiary alicyclic amines) is 1. The molecule has 3 aliphatic carbocycles. The summed E-state index contributed by atoms with van der Waals surface area (Å²) in [4.78, 5) is 26.4. The van der Waals surface area contributed by atoms with Gasteiger partial charge in [-0.1, -0.05) is 19.9 Å². The molecule has 1 heterocycles. The molecule has 3 unspecified atom stereocenters. The summed E-state index contributed by atoms with van der Waals surface area (Å²) < 4.78 is 5.12. The van der Waals surface area contributed by atoms with E-state index in [9.17, 15) is 9.59 Å². The zero-order chi connectivity index (χ0) is 18.0. The lowest BCUT2D eigenvalue weighted by molar-refractivity contribution is -0.153. The Bertz CT molecular complexity index is 641. The molecule has 1 aliphatic heterocycles. The van der Waals surface area contributed by atoms with Crippen molar-refractivity contribution in [3.05, 3.63) is 11.8 Å². The van der Waals surface area contributed by atoms with Gasteiger partial charge in [-0.15, -0.1) is 0 Å². The van der Waals surface area contributed by atoms with Crippen LogP contribution in [0.2, 0.25) is 0 Å². The quantitative estimate of drug-likeness (QED) is 0.680. The summed E-state index contributed by atoms with van der Waals surface area (Å²) in [7, 11) is 3.47. The molecule has 0 radical (unpaired) electrons. The predicted octanol–water partition coefficient (Wildman–Crippen LogP) is 3.76. The van der Waals surface area contributed by atoms with Crippen molar-refractivity contribution in [3.8, 4) is 0 Å². The van der Waals surface area contributed by atoms with Crippen LogP contribution in [-0.2, 0) is 14.3 Å². The first-order valence-corrected chi connectivity index (χ1v) is 9.88. The van der Waals surface area contributed by atoms with Crippen molar-refractivity contribution in [2.45, 2.75) is 58.8 Å². The number of amides is 1. The minimum atomic E-state index is -0.00954. The van der Waals surface area contributed by atoms with Crippen LogP contribution in [0.25, 0.3) is 0 Å². The number of hydrogen-bond acceptors (Lipinski definition) is 3. The number of allylic oxidation sites excluding steroid dienone is 2. The number of ether oxygens (including phenoxy) is 1. The van der Waals surface area contributed by atoms with Gasteiger partial charge in [0.25, 0.3) is 0 Å². The van der Waals surface area contributed by atoms with Crippen molar-refractivity contribution >= 4 is 11.9 Å². The van der Waals surface area contributed by atoms with Gasteiger partial charge in [0.15, 0.2) is 0 Å². The topological polar surface area (TPSA) is 46.6 Å². The van der Waals surface area contributed by atoms with Crippen molar-refractivity contribution in [3.63, 3.8) is 0 Å². The molecule has 0 aromatic rings. The fourth-order valence-electron chi connectivity index (χ4n) is 7.11. The number of rotatable bonds is 1. The number of methoxy groups -OCH3 is 1. The Labute approximate surface area is 151 Å². The summed E-state index contributed by atoms with van der Waals surface area (Å²) in [5, 5.41) is 0. The van der Waals surface area contributed by atoms with E-state index in [1.807, 2.05) is 11.9 Å². The average molecular weight is 345 g/mol. The maximum Gasteiger partial charge on any atom is 0.309 e. The van der Waals surface area contributed by atoms with E-state index in [2.05, 4.69) is 19.9 Å². The second-order valence-corrected chi connectivity index (χ2v) is 9.27. The van der Waals surface area contributed by atoms with E-state index >= 15 is 0 Å². The summed E-state index contributed by atoms with van der Waals surface area (Å²) in [6, 6.07) is 0. The van der Waals surface area contributed by atoms with Gasteiger partial charge in [0.2, 0.25) is 5.91 Å². The fraction of sp³-hybridized carbons (Fsp3) is 0.810. The van der Waals surface area contributed by atoms with Gasteiger partial charge in [-0.3, -0.25) is 9.59 Å². The van der Waals surface area contributed by atoms with E-state index in [4.69, 9.17) is 4.74 Å². The molecule has 4 aliphatic rings. The SMILES string of the molecule is COC(=O)C1CC[C@H]2C3CC=C4N(C)C(=O)CC[C@]4(C)C3CC[C@]12C. The molecule has 0 aromatic heterocycles. The molecule has 3 fully saturated rings. The third-order valence-corrected chi connectivity index (χ3v) is 8.50. The van der Waals surface area contributed by atoms with Crippen LogP contribution in [0.5, 0.6) is 0 Å². The van der Waals surface area contributed by atoms with E-state index in [1.54, 1.807) is 0 Å². The van der Waals surface area contributed by atoms with Crippen LogP contribution in [0.1, 0.15) is 58.8 Å². The van der Waals surface area contributed by atoms with E-state index in [1.165, 1.54) is 19.2 Å². The van der Waals surface area contributed by atoms with Crippen molar-refractivity contribution in [1.29, 1.82) is 0 Å². The van der Waals surface area contributed by atoms with Crippen LogP contribution in [0.3, 0.4) is 0 Å². The number of nitrogens with zero attached hydrogens (tertiary/aromatic N) is 1. The Balaban J connectivity index is 1.67. The third kappa shape index (κ3) is 2.18. The van der Waals surface area contributed by atoms with Crippen LogP contribution in [0, 0.1) is 34.5 Å². The van der Waals surface area contributed by atoms with Crippen molar-refractivity contribution in [2.24, 2.45) is 34.5 Å². The maximum atomic E-state index is 12.3. The van der Waals surface area contributed by atoms with Gasteiger partial charge in [0.05, 0.1) is 13.0 Å². The maximum absolute atomic E-state index is 12.3. The van der Waals surface area contributed by atoms with Crippen molar-refractivity contribution in [1.82, 2.24) is 4.90 Å². The molecule has 0 bridgehead atoms. The summed E-state index contributed by atoms with van der Waals surface area (Å²) >= 11 is 0. The van der Waals surface area contributed by atoms with Gasteiger partial charge < -0.3 is 9.64 Å². The lowest BCUT2D eigenvalue weighted by Crippen LogP contribution is -2.54. The smallest absolute Gasteiger partial charge is 0.309 e. The number of esters is 1. The Hall–Kier alpha value is -1.32. The molecule has 0 spiro atoms. The van der Waals surface area contributed by atoms with Gasteiger partial charge >= 0.3 is 5.97 Å². The van der Waals surface area contributed by atoms with Crippen LogP contribution in [0.4, 0.5) is 0 Å². The van der Waals surface area contributed by atoms with Gasteiger partial charge in [-0.25, -0.2) is 0 Å². The number of carbonyl (C=O) groups excluding carboxylic acids is 2. The van der Waals surface area contributed by atoms with Crippen LogP contribution >= 0.6 is 0 Å². The minimum absolute atomic E-state index is 0.00954. The van der Waals surface area contributed by atoms with E-state index < -0.39 is 0 Å². The molecule has 4 rings (SSSR count). The summed E-state index contributed by atoms with van der Waals surface area (Å²) in [5.41, 5.74) is 1.47. The molecule has 2 saturated carbocycles. The number of hydrogen-bond donors (Lipinski definition) is 0. The molecule has 6 atom stereocenters. The minimum Gasteiger partial charge on any atom is -0.469 e. The van der Waals surface area contributed by atoms with E-state index in [0.29, 0.717) is 24.2 Å². The molecule has 138 valence electrons. The molecule has 0 N–H and O–H groups in total. The Kier molecular flexibility index (Phi) is 3.82. The summed E-state index contributed by atoms with van der Waals surface area (Å²) in [6.45, 7) is 4.72. The zero-order valence-corrected chi connectivity index (χ0v) is 16.0. The van der Waals surface area contributed by atoms with Gasteiger partial charge in [0, 0.05) is 24.6 Å². The molecule has 0 aromatic carbocycles. The monoisotopic (exact) mass is 345 g/mol. The molecular weight excluding hydrogens is 314 g/mol. The molecule has 1 amide bonds. The first-order valence-electron chi connectivity index (χ1n) is 9.88. The normalized spacial score (nSPS) is 46.0. The highest BCUT2D eigenvalue weighted by atomic mass is 16.5. The summed E-state index contributed by atoms with van der Waals surface area (Å²) in [6.07, 6.45) is 9.44. The second-order valence-electron chi connectivity index (χ2n) is 9.27. The molecular formula is C21H31NO3. The van der Waals surface area contributed by atoms with Gasteiger partial charge in [0.1, 0.15) is 0 Å². The molecule has 4 nitrogen and oxygen atoms in total. The van der Waals surface area contributed by atoms with E-state index in [0.717, 1.165) is 32.1 Å². The van der Waals surface area contributed by atoms with E-state index in [-0.39, 0.29) is 28.6 Å². The van der Waals surface area contributed by atoms with Gasteiger partial charge in [-0.2, -0.15) is 0 Å². The Morgan fingerprint density at radius 2 is 1.96 bits per heavy atom. The first-order chi connectivity index (χ1) is 11.8. The van der Waals surface area contributed by atoms with Crippen LogP contribution in [0.15, 0.2) is 11.8 Å². The molecule has 1 saturated heterocycles. The summed E-state index contributed by atoms with van der Waals surface area (Å²) in [5.74, 6) is 2.20. The highest BCUT2D eigenvalue weighted by molar-refractivity contribution is 5.79. The lowest BCUT2D eigenvalue weighted by atomic mass is 9.49. The second kappa shape index (κ2) is 5.59. The lowest BCUT2D eigenvalue weighted by Gasteiger charge is -2.58. The highest BCUT2D eigenvalue weighted by Crippen LogP contribution is 2.65. The molecule has 4 heteroatoms. The van der Waals surface area contributed by atoms with Crippen molar-refractivity contribution < 1.29 is 14.3 Å². The molecule has 25 heavy (non-hydrogen) atoms. The third-order valence-electron chi connectivity index (χ3n) is 8.50. The number of piperidine rings is 1. The van der Waals surface area contributed by atoms with Crippen LogP contribution < -0.4 is 0 Å². The number of fused-ring (bicyclic) bond motifs is 5. The van der Waals surface area contributed by atoms with Crippen molar-refractivity contribution in [2.75, 3.05) is 14.2 Å². The largest absolute Gasteiger partial charge is 0.469 e. The zero-order valence-electron chi connectivity index (χ0n) is 16.0. The predicted molar refractivity (Wildman–Crippen MR) is 95.4 cm³/mol. The fourth-order valence-corrected chi connectivity index (χ4v) is 7.11. The highest BCUT2D eigenvalue weighted by Gasteiger charge is 2.60.